The molecule has 1 atom stereocenters. The van der Waals surface area contributed by atoms with Crippen molar-refractivity contribution in [3.05, 3.63) is 70.2 Å². The molecule has 1 aliphatic carbocycles. The number of aliphatic carboxylic acids is 1. The van der Waals surface area contributed by atoms with Crippen molar-refractivity contribution >= 4 is 27.4 Å². The Morgan fingerprint density at radius 1 is 1.20 bits per heavy atom. The van der Waals surface area contributed by atoms with Crippen molar-refractivity contribution in [1.82, 2.24) is 0 Å². The summed E-state index contributed by atoms with van der Waals surface area (Å²) in [5.74, 6) is -2.30. The van der Waals surface area contributed by atoms with Gasteiger partial charge in [0.15, 0.2) is 9.84 Å². The van der Waals surface area contributed by atoms with Gasteiger partial charge in [-0.05, 0) is 67.0 Å². The Morgan fingerprint density at radius 3 is 2.67 bits per heavy atom. The van der Waals surface area contributed by atoms with Crippen LogP contribution in [0.15, 0.2) is 53.0 Å². The van der Waals surface area contributed by atoms with E-state index in [2.05, 4.69) is 0 Å². The molecule has 1 unspecified atom stereocenters. The number of carbonyl (C=O) groups is 1. The SMILES string of the molecule is O=C(O)CC(CCCc1cc(F)ccc1F)CCS(=O)(=O)C1=CC=C(CCl)C=CC1. The molecule has 0 saturated carbocycles. The predicted molar refractivity (Wildman–Crippen MR) is 114 cm³/mol. The molecule has 1 aromatic rings. The minimum atomic E-state index is -3.54. The Hall–Kier alpha value is -1.99. The number of halogens is 3. The van der Waals surface area contributed by atoms with Crippen LogP contribution in [0.3, 0.4) is 0 Å². The summed E-state index contributed by atoms with van der Waals surface area (Å²) < 4.78 is 52.4. The standard InChI is InChI=1S/C22H25ClF2O4S/c23-15-17-4-2-6-20(9-7-17)30(28,29)12-11-16(13-22(26)27)3-1-5-18-14-19(24)8-10-21(18)25/h2,4,7-10,14,16H,1,3,5-6,11-13,15H2,(H,26,27). The zero-order valence-corrected chi connectivity index (χ0v) is 18.1. The van der Waals surface area contributed by atoms with Gasteiger partial charge in [0.1, 0.15) is 11.6 Å². The lowest BCUT2D eigenvalue weighted by atomic mass is 9.94. The van der Waals surface area contributed by atoms with E-state index >= 15 is 0 Å². The third-order valence-electron chi connectivity index (χ3n) is 5.01. The molecule has 1 N–H and O–H groups in total. The molecule has 2 rings (SSSR count). The van der Waals surface area contributed by atoms with Gasteiger partial charge in [-0.1, -0.05) is 18.2 Å². The number of benzene rings is 1. The maximum absolute atomic E-state index is 13.7. The number of hydrogen-bond donors (Lipinski definition) is 1. The molecular weight excluding hydrogens is 434 g/mol. The van der Waals surface area contributed by atoms with Crippen LogP contribution in [-0.2, 0) is 21.1 Å². The monoisotopic (exact) mass is 458 g/mol. The fraction of sp³-hybridized carbons (Fsp3) is 0.409. The highest BCUT2D eigenvalue weighted by Gasteiger charge is 2.21. The molecular formula is C22H25ClF2O4S. The van der Waals surface area contributed by atoms with E-state index in [0.717, 1.165) is 23.8 Å². The summed E-state index contributed by atoms with van der Waals surface area (Å²) in [7, 11) is -3.54. The first-order chi connectivity index (χ1) is 14.2. The molecule has 0 saturated heterocycles. The Kier molecular flexibility index (Phi) is 9.24. The molecule has 0 radical (unpaired) electrons. The fourth-order valence-electron chi connectivity index (χ4n) is 3.33. The van der Waals surface area contributed by atoms with Crippen molar-refractivity contribution in [2.45, 2.75) is 38.5 Å². The lowest BCUT2D eigenvalue weighted by molar-refractivity contribution is -0.138. The molecule has 8 heteroatoms. The van der Waals surface area contributed by atoms with Crippen molar-refractivity contribution in [3.63, 3.8) is 0 Å². The number of hydrogen-bond acceptors (Lipinski definition) is 3. The zero-order valence-electron chi connectivity index (χ0n) is 16.5. The van der Waals surface area contributed by atoms with E-state index in [1.807, 2.05) is 0 Å². The van der Waals surface area contributed by atoms with Gasteiger partial charge in [-0.15, -0.1) is 11.6 Å². The summed E-state index contributed by atoms with van der Waals surface area (Å²) in [5.41, 5.74) is 1.05. The van der Waals surface area contributed by atoms with Gasteiger partial charge in [0, 0.05) is 23.6 Å². The first-order valence-electron chi connectivity index (χ1n) is 9.72. The number of rotatable bonds is 11. The Bertz CT molecular complexity index is 952. The third kappa shape index (κ3) is 7.69. The fourth-order valence-corrected chi connectivity index (χ4v) is 5.04. The number of allylic oxidation sites excluding steroid dienone is 6. The highest BCUT2D eigenvalue weighted by atomic mass is 35.5. The van der Waals surface area contributed by atoms with E-state index in [0.29, 0.717) is 12.8 Å². The third-order valence-corrected chi connectivity index (χ3v) is 7.20. The topological polar surface area (TPSA) is 71.4 Å². The van der Waals surface area contributed by atoms with Gasteiger partial charge in [0.2, 0.25) is 0 Å². The molecule has 1 aromatic carbocycles. The predicted octanol–water partition coefficient (Wildman–Crippen LogP) is 5.19. The van der Waals surface area contributed by atoms with Gasteiger partial charge in [0.05, 0.1) is 5.75 Å². The van der Waals surface area contributed by atoms with Crippen molar-refractivity contribution in [2.24, 2.45) is 5.92 Å². The lowest BCUT2D eigenvalue weighted by Crippen LogP contribution is -2.16. The number of carboxylic acid groups (broad SMARTS) is 1. The summed E-state index contributed by atoms with van der Waals surface area (Å²) in [6.07, 6.45) is 8.13. The van der Waals surface area contributed by atoms with Crippen molar-refractivity contribution < 1.29 is 27.1 Å². The van der Waals surface area contributed by atoms with E-state index in [1.54, 1.807) is 24.3 Å². The molecule has 0 aromatic heterocycles. The van der Waals surface area contributed by atoms with Gasteiger partial charge in [-0.2, -0.15) is 0 Å². The van der Waals surface area contributed by atoms with Crippen LogP contribution >= 0.6 is 11.6 Å². The van der Waals surface area contributed by atoms with Gasteiger partial charge in [-0.3, -0.25) is 4.79 Å². The highest BCUT2D eigenvalue weighted by Crippen LogP contribution is 2.24. The molecule has 0 amide bonds. The zero-order chi connectivity index (χ0) is 22.1. The van der Waals surface area contributed by atoms with Crippen LogP contribution < -0.4 is 0 Å². The van der Waals surface area contributed by atoms with Gasteiger partial charge < -0.3 is 5.11 Å². The molecule has 0 aliphatic heterocycles. The molecule has 1 aliphatic rings. The van der Waals surface area contributed by atoms with E-state index in [9.17, 15) is 22.0 Å². The summed E-state index contributed by atoms with van der Waals surface area (Å²) >= 11 is 5.78. The summed E-state index contributed by atoms with van der Waals surface area (Å²) in [5, 5.41) is 9.15. The van der Waals surface area contributed by atoms with Crippen LogP contribution in [-0.4, -0.2) is 31.1 Å². The summed E-state index contributed by atoms with van der Waals surface area (Å²) in [6, 6.07) is 3.23. The van der Waals surface area contributed by atoms with Gasteiger partial charge in [-0.25, -0.2) is 17.2 Å². The largest absolute Gasteiger partial charge is 0.481 e. The van der Waals surface area contributed by atoms with Crippen LogP contribution in [0.1, 0.15) is 37.7 Å². The maximum Gasteiger partial charge on any atom is 0.303 e. The second kappa shape index (κ2) is 11.4. The van der Waals surface area contributed by atoms with Crippen molar-refractivity contribution in [3.8, 4) is 0 Å². The van der Waals surface area contributed by atoms with E-state index in [-0.39, 0.29) is 53.7 Å². The average Bonchev–Trinajstić information content (AvgIpc) is 2.94. The van der Waals surface area contributed by atoms with E-state index in [1.165, 1.54) is 0 Å². The van der Waals surface area contributed by atoms with Crippen LogP contribution in [0, 0.1) is 17.6 Å². The minimum absolute atomic E-state index is 0.164. The molecule has 0 heterocycles. The number of aryl methyl sites for hydroxylation is 1. The van der Waals surface area contributed by atoms with E-state index in [4.69, 9.17) is 16.7 Å². The second-order valence-electron chi connectivity index (χ2n) is 7.31. The van der Waals surface area contributed by atoms with Crippen LogP contribution in [0.2, 0.25) is 0 Å². The second-order valence-corrected chi connectivity index (χ2v) is 9.74. The van der Waals surface area contributed by atoms with Crippen molar-refractivity contribution in [1.29, 1.82) is 0 Å². The first kappa shape index (κ1) is 24.3. The Labute approximate surface area is 180 Å². The average molecular weight is 459 g/mol. The molecule has 0 bridgehead atoms. The lowest BCUT2D eigenvalue weighted by Gasteiger charge is -2.16. The summed E-state index contributed by atoms with van der Waals surface area (Å²) in [4.78, 5) is 11.5. The smallest absolute Gasteiger partial charge is 0.303 e. The van der Waals surface area contributed by atoms with Gasteiger partial charge >= 0.3 is 5.97 Å². The molecule has 164 valence electrons. The molecule has 0 fully saturated rings. The van der Waals surface area contributed by atoms with Gasteiger partial charge in [0.25, 0.3) is 0 Å². The highest BCUT2D eigenvalue weighted by molar-refractivity contribution is 7.95. The molecule has 30 heavy (non-hydrogen) atoms. The minimum Gasteiger partial charge on any atom is -0.481 e. The van der Waals surface area contributed by atoms with Crippen LogP contribution in [0.5, 0.6) is 0 Å². The number of alkyl halides is 1. The Morgan fingerprint density at radius 2 is 1.97 bits per heavy atom. The number of sulfone groups is 1. The van der Waals surface area contributed by atoms with Crippen LogP contribution in [0.4, 0.5) is 8.78 Å². The quantitative estimate of drug-likeness (QED) is 0.463. The molecule has 0 spiro atoms. The number of carboxylic acids is 1. The molecule has 4 nitrogen and oxygen atoms in total. The normalized spacial score (nSPS) is 15.3. The van der Waals surface area contributed by atoms with E-state index < -0.39 is 27.4 Å². The van der Waals surface area contributed by atoms with Crippen molar-refractivity contribution in [2.75, 3.05) is 11.6 Å². The Balaban J connectivity index is 1.98. The summed E-state index contributed by atoms with van der Waals surface area (Å²) in [6.45, 7) is 0. The first-order valence-corrected chi connectivity index (χ1v) is 11.9. The van der Waals surface area contributed by atoms with Crippen LogP contribution in [0.25, 0.3) is 0 Å². The maximum atomic E-state index is 13.7.